The second-order valence-electron chi connectivity index (χ2n) is 4.08. The van der Waals surface area contributed by atoms with E-state index in [9.17, 15) is 4.91 Å². The molecule has 2 aromatic carbocycles. The molecule has 2 nitrogen and oxygen atoms in total. The number of hydrogen-bond donors (Lipinski definition) is 0. The van der Waals surface area contributed by atoms with Gasteiger partial charge in [0.15, 0.2) is 0 Å². The van der Waals surface area contributed by atoms with Gasteiger partial charge in [-0.25, -0.2) is 0 Å². The first-order valence-electron chi connectivity index (χ1n) is 5.55. The molecular formula is C15H17NO. The fourth-order valence-electron chi connectivity index (χ4n) is 1.24. The van der Waals surface area contributed by atoms with Crippen molar-refractivity contribution in [1.82, 2.24) is 0 Å². The molecule has 2 rings (SSSR count). The summed E-state index contributed by atoms with van der Waals surface area (Å²) in [6, 6.07) is 15.6. The predicted octanol–water partition coefficient (Wildman–Crippen LogP) is 4.70. The van der Waals surface area contributed by atoms with Crippen LogP contribution in [0, 0.1) is 25.7 Å². The van der Waals surface area contributed by atoms with E-state index in [4.69, 9.17) is 0 Å². The van der Waals surface area contributed by atoms with Crippen molar-refractivity contribution in [1.29, 1.82) is 0 Å². The highest BCUT2D eigenvalue weighted by Crippen LogP contribution is 2.10. The van der Waals surface area contributed by atoms with E-state index in [1.807, 2.05) is 19.1 Å². The van der Waals surface area contributed by atoms with E-state index in [2.05, 4.69) is 43.3 Å². The van der Waals surface area contributed by atoms with Crippen molar-refractivity contribution in [2.75, 3.05) is 0 Å². The number of nitrogens with zero attached hydrogens (tertiary/aromatic N) is 1. The van der Waals surface area contributed by atoms with Gasteiger partial charge in [0.25, 0.3) is 0 Å². The van der Waals surface area contributed by atoms with Crippen molar-refractivity contribution in [3.63, 3.8) is 0 Å². The van der Waals surface area contributed by atoms with E-state index in [1.54, 1.807) is 12.1 Å². The van der Waals surface area contributed by atoms with Gasteiger partial charge in [0.05, 0.1) is 0 Å². The Labute approximate surface area is 102 Å². The lowest BCUT2D eigenvalue weighted by Gasteiger charge is -1.90. The molecule has 0 unspecified atom stereocenters. The molecule has 0 N–H and O–H groups in total. The zero-order chi connectivity index (χ0) is 12.7. The third-order valence-electron chi connectivity index (χ3n) is 2.36. The van der Waals surface area contributed by atoms with E-state index < -0.39 is 0 Å². The number of rotatable bonds is 1. The van der Waals surface area contributed by atoms with Crippen LogP contribution in [0.5, 0.6) is 0 Å². The molecule has 0 aromatic heterocycles. The van der Waals surface area contributed by atoms with Gasteiger partial charge in [-0.05, 0) is 38.1 Å². The fraction of sp³-hybridized carbons (Fsp3) is 0.200. The minimum Gasteiger partial charge on any atom is -0.145 e. The molecular weight excluding hydrogens is 210 g/mol. The zero-order valence-corrected chi connectivity index (χ0v) is 10.5. The first-order valence-corrected chi connectivity index (χ1v) is 5.55. The summed E-state index contributed by atoms with van der Waals surface area (Å²) < 4.78 is 0. The summed E-state index contributed by atoms with van der Waals surface area (Å²) in [6.07, 6.45) is 0. The van der Waals surface area contributed by atoms with Crippen LogP contribution < -0.4 is 0 Å². The molecule has 0 aliphatic carbocycles. The average molecular weight is 227 g/mol. The SMILES string of the molecule is Cc1ccc(C)cc1.Cc1ccc(N=O)cc1. The summed E-state index contributed by atoms with van der Waals surface area (Å²) in [6.45, 7) is 6.16. The van der Waals surface area contributed by atoms with Crippen LogP contribution in [-0.4, -0.2) is 0 Å². The molecule has 88 valence electrons. The molecule has 2 heteroatoms. The summed E-state index contributed by atoms with van der Waals surface area (Å²) in [5.74, 6) is 0. The minimum absolute atomic E-state index is 0.487. The van der Waals surface area contributed by atoms with Crippen molar-refractivity contribution < 1.29 is 0 Å². The van der Waals surface area contributed by atoms with Gasteiger partial charge in [-0.1, -0.05) is 53.1 Å². The van der Waals surface area contributed by atoms with Crippen LogP contribution in [0.4, 0.5) is 5.69 Å². The molecule has 0 saturated carbocycles. The number of hydrogen-bond acceptors (Lipinski definition) is 2. The fourth-order valence-corrected chi connectivity index (χ4v) is 1.24. The van der Waals surface area contributed by atoms with Crippen LogP contribution in [0.2, 0.25) is 0 Å². The van der Waals surface area contributed by atoms with Crippen LogP contribution in [0.1, 0.15) is 16.7 Å². The molecule has 0 radical (unpaired) electrons. The first kappa shape index (κ1) is 13.1. The number of benzene rings is 2. The Kier molecular flexibility index (Phi) is 5.08. The third kappa shape index (κ3) is 5.07. The Hall–Kier alpha value is -1.96. The Morgan fingerprint density at radius 1 is 0.647 bits per heavy atom. The lowest BCUT2D eigenvalue weighted by molar-refractivity contribution is 1.40. The minimum atomic E-state index is 0.487. The standard InChI is InChI=1S/C8H10.C7H7NO/c1-7-3-5-8(2)6-4-7;1-6-2-4-7(8-9)5-3-6/h3-6H,1-2H3;2-5H,1H3. The topological polar surface area (TPSA) is 29.4 Å². The highest BCUT2D eigenvalue weighted by molar-refractivity contribution is 5.37. The van der Waals surface area contributed by atoms with Gasteiger partial charge >= 0.3 is 0 Å². The molecule has 0 atom stereocenters. The molecule has 0 amide bonds. The van der Waals surface area contributed by atoms with E-state index in [0.717, 1.165) is 5.56 Å². The van der Waals surface area contributed by atoms with E-state index in [0.29, 0.717) is 5.69 Å². The maximum absolute atomic E-state index is 9.87. The highest BCUT2D eigenvalue weighted by atomic mass is 16.3. The van der Waals surface area contributed by atoms with Crippen LogP contribution >= 0.6 is 0 Å². The van der Waals surface area contributed by atoms with Crippen molar-refractivity contribution in [3.8, 4) is 0 Å². The van der Waals surface area contributed by atoms with Gasteiger partial charge in [0.1, 0.15) is 5.69 Å². The van der Waals surface area contributed by atoms with Crippen molar-refractivity contribution in [2.24, 2.45) is 5.18 Å². The Morgan fingerprint density at radius 2 is 0.941 bits per heavy atom. The molecule has 17 heavy (non-hydrogen) atoms. The van der Waals surface area contributed by atoms with Crippen LogP contribution in [0.25, 0.3) is 0 Å². The Bertz CT molecular complexity index is 436. The van der Waals surface area contributed by atoms with Crippen molar-refractivity contribution in [3.05, 3.63) is 70.1 Å². The van der Waals surface area contributed by atoms with Gasteiger partial charge in [0.2, 0.25) is 0 Å². The third-order valence-corrected chi connectivity index (χ3v) is 2.36. The summed E-state index contributed by atoms with van der Waals surface area (Å²) in [7, 11) is 0. The van der Waals surface area contributed by atoms with Gasteiger partial charge in [0, 0.05) is 0 Å². The molecule has 0 spiro atoms. The second-order valence-corrected chi connectivity index (χ2v) is 4.08. The summed E-state index contributed by atoms with van der Waals surface area (Å²) >= 11 is 0. The molecule has 0 aliphatic rings. The van der Waals surface area contributed by atoms with Crippen LogP contribution in [-0.2, 0) is 0 Å². The molecule has 2 aromatic rings. The Balaban J connectivity index is 0.000000171. The second kappa shape index (κ2) is 6.59. The average Bonchev–Trinajstić information content (AvgIpc) is 2.35. The van der Waals surface area contributed by atoms with Gasteiger partial charge < -0.3 is 0 Å². The van der Waals surface area contributed by atoms with E-state index >= 15 is 0 Å². The first-order chi connectivity index (χ1) is 8.11. The van der Waals surface area contributed by atoms with Gasteiger partial charge in [-0.2, -0.15) is 0 Å². The number of nitroso groups, excluding NO2 is 1. The molecule has 0 heterocycles. The van der Waals surface area contributed by atoms with E-state index in [1.165, 1.54) is 11.1 Å². The predicted molar refractivity (Wildman–Crippen MR) is 72.6 cm³/mol. The van der Waals surface area contributed by atoms with Gasteiger partial charge in [-0.15, -0.1) is 4.91 Å². The molecule has 0 fully saturated rings. The molecule has 0 bridgehead atoms. The van der Waals surface area contributed by atoms with Crippen LogP contribution in [0.3, 0.4) is 0 Å². The summed E-state index contributed by atoms with van der Waals surface area (Å²) in [5, 5.41) is 2.76. The lowest BCUT2D eigenvalue weighted by Crippen LogP contribution is -1.70. The quantitative estimate of drug-likeness (QED) is 0.649. The highest BCUT2D eigenvalue weighted by Gasteiger charge is 1.86. The van der Waals surface area contributed by atoms with Gasteiger partial charge in [-0.3, -0.25) is 0 Å². The molecule has 0 saturated heterocycles. The smallest absolute Gasteiger partial charge is 0.108 e. The normalized spacial score (nSPS) is 9.12. The molecule has 0 aliphatic heterocycles. The lowest BCUT2D eigenvalue weighted by atomic mass is 10.2. The zero-order valence-electron chi connectivity index (χ0n) is 10.5. The Morgan fingerprint density at radius 3 is 1.24 bits per heavy atom. The van der Waals surface area contributed by atoms with Crippen molar-refractivity contribution in [2.45, 2.75) is 20.8 Å². The van der Waals surface area contributed by atoms with Crippen LogP contribution in [0.15, 0.2) is 53.7 Å². The van der Waals surface area contributed by atoms with E-state index in [-0.39, 0.29) is 0 Å². The maximum Gasteiger partial charge on any atom is 0.108 e. The summed E-state index contributed by atoms with van der Waals surface area (Å²) in [4.78, 5) is 9.87. The largest absolute Gasteiger partial charge is 0.145 e. The maximum atomic E-state index is 9.87. The summed E-state index contributed by atoms with van der Waals surface area (Å²) in [5.41, 5.74) is 4.29. The van der Waals surface area contributed by atoms with Crippen molar-refractivity contribution >= 4 is 5.69 Å². The number of aryl methyl sites for hydroxylation is 3. The monoisotopic (exact) mass is 227 g/mol.